The first-order valence-electron chi connectivity index (χ1n) is 10.4. The van der Waals surface area contributed by atoms with Crippen molar-refractivity contribution >= 4 is 33.3 Å². The molecule has 0 spiro atoms. The van der Waals surface area contributed by atoms with Crippen molar-refractivity contribution in [3.05, 3.63) is 74.1 Å². The van der Waals surface area contributed by atoms with Gasteiger partial charge in [0.25, 0.3) is 5.91 Å². The second-order valence-electron chi connectivity index (χ2n) is 7.67. The monoisotopic (exact) mass is 463 g/mol. The molecule has 0 bridgehead atoms. The lowest BCUT2D eigenvalue weighted by Gasteiger charge is -2.24. The lowest BCUT2D eigenvalue weighted by atomic mass is 9.97. The molecular weight excluding hydrogens is 442 g/mol. The Bertz CT molecular complexity index is 1460. The molecule has 0 aliphatic carbocycles. The van der Waals surface area contributed by atoms with Gasteiger partial charge in [-0.05, 0) is 31.5 Å². The van der Waals surface area contributed by atoms with Crippen LogP contribution in [0.5, 0.6) is 11.5 Å². The molecule has 0 fully saturated rings. The second kappa shape index (κ2) is 8.00. The first kappa shape index (κ1) is 21.1. The lowest BCUT2D eigenvalue weighted by Crippen LogP contribution is -2.29. The molecule has 8 nitrogen and oxygen atoms in total. The summed E-state index contributed by atoms with van der Waals surface area (Å²) in [6.45, 7) is 3.87. The average Bonchev–Trinajstić information content (AvgIpc) is 3.41. The highest BCUT2D eigenvalue weighted by Crippen LogP contribution is 2.46. The Morgan fingerprint density at radius 2 is 1.94 bits per heavy atom. The van der Waals surface area contributed by atoms with E-state index in [0.29, 0.717) is 39.6 Å². The largest absolute Gasteiger partial charge is 0.493 e. The van der Waals surface area contributed by atoms with E-state index in [1.807, 2.05) is 26.0 Å². The molecule has 0 saturated carbocycles. The van der Waals surface area contributed by atoms with Gasteiger partial charge in [-0.3, -0.25) is 14.5 Å². The summed E-state index contributed by atoms with van der Waals surface area (Å²) in [4.78, 5) is 28.9. The summed E-state index contributed by atoms with van der Waals surface area (Å²) in [6, 6.07) is 9.88. The van der Waals surface area contributed by atoms with Crippen molar-refractivity contribution < 1.29 is 18.7 Å². The van der Waals surface area contributed by atoms with Crippen molar-refractivity contribution in [2.45, 2.75) is 26.3 Å². The van der Waals surface area contributed by atoms with E-state index in [4.69, 9.17) is 13.9 Å². The number of rotatable bonds is 5. The molecule has 1 aliphatic rings. The second-order valence-corrected chi connectivity index (χ2v) is 8.71. The summed E-state index contributed by atoms with van der Waals surface area (Å²) in [5, 5.41) is 10.0. The average molecular weight is 464 g/mol. The fourth-order valence-electron chi connectivity index (χ4n) is 4.19. The van der Waals surface area contributed by atoms with Crippen molar-refractivity contribution in [2.24, 2.45) is 0 Å². The maximum Gasteiger partial charge on any atom is 0.297 e. The van der Waals surface area contributed by atoms with E-state index in [1.54, 1.807) is 24.3 Å². The fourth-order valence-corrected chi connectivity index (χ4v) is 5.00. The minimum Gasteiger partial charge on any atom is -0.493 e. The number of benzene rings is 2. The van der Waals surface area contributed by atoms with Crippen LogP contribution in [-0.4, -0.2) is 30.3 Å². The third-order valence-electron chi connectivity index (χ3n) is 5.72. The number of fused-ring (bicyclic) bond motifs is 2. The Hall–Kier alpha value is -3.72. The summed E-state index contributed by atoms with van der Waals surface area (Å²) >= 11 is 1.31. The van der Waals surface area contributed by atoms with E-state index < -0.39 is 11.9 Å². The van der Waals surface area contributed by atoms with Gasteiger partial charge in [0, 0.05) is 5.56 Å². The molecule has 2 aromatic carbocycles. The highest BCUT2D eigenvalue weighted by Gasteiger charge is 2.46. The fraction of sp³-hybridized carbons (Fsp3) is 0.250. The lowest BCUT2D eigenvalue weighted by molar-refractivity contribution is 0.0970. The predicted octanol–water partition coefficient (Wildman–Crippen LogP) is 4.28. The van der Waals surface area contributed by atoms with Gasteiger partial charge in [0.05, 0.1) is 25.2 Å². The zero-order chi connectivity index (χ0) is 23.3. The van der Waals surface area contributed by atoms with E-state index in [0.717, 1.165) is 10.6 Å². The summed E-state index contributed by atoms with van der Waals surface area (Å²) in [5.41, 5.74) is 1.86. The number of ether oxygens (including phenoxy) is 2. The topological polar surface area (TPSA) is 94.8 Å². The highest BCUT2D eigenvalue weighted by atomic mass is 32.1. The SMILES string of the molecule is CCc1nnc(N2C(=O)c3oc4ccc(C)cc4c(=O)c3[C@H]2c2cccc(OC)c2OC)s1. The van der Waals surface area contributed by atoms with Gasteiger partial charge >= 0.3 is 0 Å². The van der Waals surface area contributed by atoms with Gasteiger partial charge in [-0.15, -0.1) is 10.2 Å². The summed E-state index contributed by atoms with van der Waals surface area (Å²) < 4.78 is 17.1. The molecule has 1 atom stereocenters. The van der Waals surface area contributed by atoms with E-state index in [1.165, 1.54) is 30.5 Å². The van der Waals surface area contributed by atoms with Gasteiger partial charge < -0.3 is 13.9 Å². The van der Waals surface area contributed by atoms with Crippen LogP contribution in [0.3, 0.4) is 0 Å². The van der Waals surface area contributed by atoms with Gasteiger partial charge in [0.2, 0.25) is 10.9 Å². The minimum absolute atomic E-state index is 0.000487. The molecular formula is C24H21N3O5S. The standard InChI is InChI=1S/C24H21N3O5S/c1-5-17-25-26-24(33-17)27-19(13-7-6-8-16(30-3)21(13)31-4)18-20(28)14-11-12(2)9-10-15(14)32-22(18)23(27)29/h6-11,19H,5H2,1-4H3/t19-/m1/s1. The van der Waals surface area contributed by atoms with Crippen LogP contribution in [0.2, 0.25) is 0 Å². The van der Waals surface area contributed by atoms with E-state index in [-0.39, 0.29) is 16.8 Å². The number of methoxy groups -OCH3 is 2. The number of aryl methyl sites for hydroxylation is 2. The molecule has 3 heterocycles. The predicted molar refractivity (Wildman–Crippen MR) is 125 cm³/mol. The number of hydrogen-bond acceptors (Lipinski definition) is 8. The molecule has 0 N–H and O–H groups in total. The Balaban J connectivity index is 1.84. The van der Waals surface area contributed by atoms with Crippen LogP contribution in [0.1, 0.15) is 45.2 Å². The van der Waals surface area contributed by atoms with Gasteiger partial charge in [0.15, 0.2) is 16.9 Å². The Morgan fingerprint density at radius 1 is 1.12 bits per heavy atom. The highest BCUT2D eigenvalue weighted by molar-refractivity contribution is 7.15. The molecule has 0 radical (unpaired) electrons. The third-order valence-corrected chi connectivity index (χ3v) is 6.79. The molecule has 1 amide bonds. The molecule has 5 rings (SSSR count). The number of aromatic nitrogens is 2. The van der Waals surface area contributed by atoms with Crippen LogP contribution in [0.25, 0.3) is 11.0 Å². The van der Waals surface area contributed by atoms with Gasteiger partial charge in [-0.25, -0.2) is 0 Å². The number of nitrogens with zero attached hydrogens (tertiary/aromatic N) is 3. The van der Waals surface area contributed by atoms with Crippen LogP contribution in [0.15, 0.2) is 45.6 Å². The van der Waals surface area contributed by atoms with Gasteiger partial charge in [0.1, 0.15) is 16.6 Å². The zero-order valence-corrected chi connectivity index (χ0v) is 19.4. The first-order chi connectivity index (χ1) is 16.0. The van der Waals surface area contributed by atoms with Crippen LogP contribution in [0, 0.1) is 6.92 Å². The van der Waals surface area contributed by atoms with Crippen molar-refractivity contribution in [1.29, 1.82) is 0 Å². The van der Waals surface area contributed by atoms with Crippen LogP contribution in [-0.2, 0) is 6.42 Å². The van der Waals surface area contributed by atoms with E-state index >= 15 is 0 Å². The molecule has 168 valence electrons. The molecule has 4 aromatic rings. The van der Waals surface area contributed by atoms with E-state index in [9.17, 15) is 9.59 Å². The molecule has 9 heteroatoms. The summed E-state index contributed by atoms with van der Waals surface area (Å²) in [5.74, 6) is 0.473. The molecule has 0 unspecified atom stereocenters. The maximum absolute atomic E-state index is 13.8. The van der Waals surface area contributed by atoms with Crippen molar-refractivity contribution in [3.63, 3.8) is 0 Å². The minimum atomic E-state index is -0.809. The number of para-hydroxylation sites is 1. The number of amides is 1. The van der Waals surface area contributed by atoms with Crippen LogP contribution in [0.4, 0.5) is 5.13 Å². The Labute approximate surface area is 193 Å². The molecule has 2 aromatic heterocycles. The van der Waals surface area contributed by atoms with Crippen LogP contribution < -0.4 is 19.8 Å². The number of carbonyl (C=O) groups is 1. The summed E-state index contributed by atoms with van der Waals surface area (Å²) in [6.07, 6.45) is 0.681. The number of carbonyl (C=O) groups excluding carboxylic acids is 1. The summed E-state index contributed by atoms with van der Waals surface area (Å²) in [7, 11) is 3.06. The van der Waals surface area contributed by atoms with Crippen LogP contribution >= 0.6 is 11.3 Å². The number of anilines is 1. The van der Waals surface area contributed by atoms with E-state index in [2.05, 4.69) is 10.2 Å². The first-order valence-corrected chi connectivity index (χ1v) is 11.2. The van der Waals surface area contributed by atoms with Gasteiger partial charge in [-0.1, -0.05) is 42.0 Å². The third kappa shape index (κ3) is 3.19. The quantitative estimate of drug-likeness (QED) is 0.436. The number of hydrogen-bond donors (Lipinski definition) is 0. The Morgan fingerprint density at radius 3 is 2.64 bits per heavy atom. The zero-order valence-electron chi connectivity index (χ0n) is 18.5. The van der Waals surface area contributed by atoms with Gasteiger partial charge in [-0.2, -0.15) is 0 Å². The maximum atomic E-state index is 13.8. The van der Waals surface area contributed by atoms with Crippen molar-refractivity contribution in [2.75, 3.05) is 19.1 Å². The Kier molecular flexibility index (Phi) is 5.13. The smallest absolute Gasteiger partial charge is 0.297 e. The normalized spacial score (nSPS) is 15.2. The molecule has 1 aliphatic heterocycles. The molecule has 0 saturated heterocycles. The van der Waals surface area contributed by atoms with Crippen molar-refractivity contribution in [1.82, 2.24) is 10.2 Å². The molecule has 33 heavy (non-hydrogen) atoms. The van der Waals surface area contributed by atoms with Crippen molar-refractivity contribution in [3.8, 4) is 11.5 Å².